The fourth-order valence-electron chi connectivity index (χ4n) is 3.84. The number of thioether (sulfide) groups is 1. The molecule has 8 heteroatoms. The summed E-state index contributed by atoms with van der Waals surface area (Å²) in [6.07, 6.45) is 10.9. The van der Waals surface area contributed by atoms with Crippen molar-refractivity contribution in [3.63, 3.8) is 0 Å². The summed E-state index contributed by atoms with van der Waals surface area (Å²) < 4.78 is 11.9. The second-order valence-electron chi connectivity index (χ2n) is 8.59. The van der Waals surface area contributed by atoms with Crippen LogP contribution in [0.3, 0.4) is 0 Å². The second kappa shape index (κ2) is 14.4. The van der Waals surface area contributed by atoms with Gasteiger partial charge in [-0.15, -0.1) is 0 Å². The van der Waals surface area contributed by atoms with Crippen LogP contribution in [0.1, 0.15) is 84.1 Å². The van der Waals surface area contributed by atoms with E-state index in [0.717, 1.165) is 36.6 Å². The van der Waals surface area contributed by atoms with Crippen molar-refractivity contribution in [2.45, 2.75) is 90.7 Å². The van der Waals surface area contributed by atoms with Crippen LogP contribution in [0.25, 0.3) is 6.08 Å². The molecule has 34 heavy (non-hydrogen) atoms. The summed E-state index contributed by atoms with van der Waals surface area (Å²) in [7, 11) is 1.59. The van der Waals surface area contributed by atoms with Crippen molar-refractivity contribution in [1.82, 2.24) is 4.90 Å². The fraction of sp³-hybridized carbons (Fsp3) is 0.577. The molecule has 1 fully saturated rings. The van der Waals surface area contributed by atoms with Gasteiger partial charge in [0.25, 0.3) is 5.91 Å². The van der Waals surface area contributed by atoms with Gasteiger partial charge in [0.2, 0.25) is 0 Å². The molecule has 0 saturated carbocycles. The molecule has 2 rings (SSSR count). The third-order valence-electron chi connectivity index (χ3n) is 5.78. The normalized spacial score (nSPS) is 16.7. The Morgan fingerprint density at radius 2 is 1.82 bits per heavy atom. The number of hydrogen-bond acceptors (Lipinski definition) is 6. The molecule has 0 spiro atoms. The van der Waals surface area contributed by atoms with E-state index < -0.39 is 12.0 Å². The van der Waals surface area contributed by atoms with Crippen molar-refractivity contribution in [3.8, 4) is 11.5 Å². The van der Waals surface area contributed by atoms with E-state index in [2.05, 4.69) is 13.8 Å². The summed E-state index contributed by atoms with van der Waals surface area (Å²) in [6, 6.07) is 4.60. The van der Waals surface area contributed by atoms with E-state index in [4.69, 9.17) is 21.7 Å². The molecular formula is C26H37NO5S2. The van der Waals surface area contributed by atoms with Crippen LogP contribution < -0.4 is 9.47 Å². The maximum atomic E-state index is 13.0. The van der Waals surface area contributed by atoms with E-state index in [1.54, 1.807) is 13.2 Å². The Hall–Kier alpha value is -2.06. The van der Waals surface area contributed by atoms with E-state index in [1.807, 2.05) is 25.1 Å². The number of carboxylic acids is 1. The molecule has 1 aromatic carbocycles. The molecule has 0 aromatic heterocycles. The van der Waals surface area contributed by atoms with Gasteiger partial charge in [0.15, 0.2) is 11.5 Å². The molecule has 2 unspecified atom stereocenters. The maximum absolute atomic E-state index is 13.0. The van der Waals surface area contributed by atoms with E-state index in [0.29, 0.717) is 29.2 Å². The maximum Gasteiger partial charge on any atom is 0.326 e. The monoisotopic (exact) mass is 507 g/mol. The highest BCUT2D eigenvalue weighted by Crippen LogP contribution is 2.37. The van der Waals surface area contributed by atoms with Gasteiger partial charge in [0, 0.05) is 0 Å². The molecule has 1 saturated heterocycles. The van der Waals surface area contributed by atoms with E-state index in [9.17, 15) is 14.7 Å². The van der Waals surface area contributed by atoms with Crippen LogP contribution in [0.15, 0.2) is 23.1 Å². The zero-order valence-electron chi connectivity index (χ0n) is 20.7. The average Bonchev–Trinajstić information content (AvgIpc) is 3.07. The van der Waals surface area contributed by atoms with Crippen LogP contribution in [0.4, 0.5) is 0 Å². The quantitative estimate of drug-likeness (QED) is 0.161. The minimum absolute atomic E-state index is 0.0775. The summed E-state index contributed by atoms with van der Waals surface area (Å²) in [5, 5.41) is 9.62. The lowest BCUT2D eigenvalue weighted by Crippen LogP contribution is -2.43. The molecule has 1 amide bonds. The molecule has 0 aliphatic carbocycles. The van der Waals surface area contributed by atoms with Crippen LogP contribution in [0, 0.1) is 0 Å². The number of rotatable bonds is 15. The molecule has 0 bridgehead atoms. The molecule has 1 aliphatic rings. The number of carboxylic acid groups (broad SMARTS) is 1. The first-order valence-electron chi connectivity index (χ1n) is 12.2. The summed E-state index contributed by atoms with van der Waals surface area (Å²) in [6.45, 7) is 6.26. The van der Waals surface area contributed by atoms with Crippen LogP contribution >= 0.6 is 24.0 Å². The van der Waals surface area contributed by atoms with Gasteiger partial charge in [-0.2, -0.15) is 0 Å². The highest BCUT2D eigenvalue weighted by atomic mass is 32.2. The Balaban J connectivity index is 2.10. The van der Waals surface area contributed by atoms with Crippen LogP contribution in [-0.2, 0) is 9.59 Å². The summed E-state index contributed by atoms with van der Waals surface area (Å²) >= 11 is 6.48. The molecule has 6 nitrogen and oxygen atoms in total. The Morgan fingerprint density at radius 1 is 1.12 bits per heavy atom. The number of benzene rings is 1. The van der Waals surface area contributed by atoms with Gasteiger partial charge < -0.3 is 14.6 Å². The number of thiocarbonyl (C=S) groups is 1. The third-order valence-corrected chi connectivity index (χ3v) is 7.11. The standard InChI is InChI=1S/C26H37NO5S2/c1-5-7-9-10-11-12-18(3)32-21-15-14-19(16-22(21)31-4)17-23-24(28)27(26(33)34-23)20(25(29)30)13-8-6-2/h14-18,20H,5-13H2,1-4H3,(H,29,30). The van der Waals surface area contributed by atoms with Crippen molar-refractivity contribution in [3.05, 3.63) is 28.7 Å². The minimum Gasteiger partial charge on any atom is -0.493 e. The number of ether oxygens (including phenoxy) is 2. The third kappa shape index (κ3) is 8.01. The lowest BCUT2D eigenvalue weighted by molar-refractivity contribution is -0.145. The van der Waals surface area contributed by atoms with Gasteiger partial charge >= 0.3 is 5.97 Å². The fourth-order valence-corrected chi connectivity index (χ4v) is 5.20. The first-order valence-corrected chi connectivity index (χ1v) is 13.4. The Morgan fingerprint density at radius 3 is 2.47 bits per heavy atom. The van der Waals surface area contributed by atoms with Gasteiger partial charge in [-0.05, 0) is 50.0 Å². The second-order valence-corrected chi connectivity index (χ2v) is 10.3. The summed E-state index contributed by atoms with van der Waals surface area (Å²) in [4.78, 5) is 26.4. The number of amides is 1. The lowest BCUT2D eigenvalue weighted by atomic mass is 10.1. The first kappa shape index (κ1) is 28.2. The number of unbranched alkanes of at least 4 members (excludes halogenated alkanes) is 5. The van der Waals surface area contributed by atoms with E-state index in [1.165, 1.54) is 30.6 Å². The summed E-state index contributed by atoms with van der Waals surface area (Å²) in [5.41, 5.74) is 0.761. The highest BCUT2D eigenvalue weighted by Gasteiger charge is 2.40. The first-order chi connectivity index (χ1) is 16.3. The molecule has 2 atom stereocenters. The predicted molar refractivity (Wildman–Crippen MR) is 142 cm³/mol. The average molecular weight is 508 g/mol. The van der Waals surface area contributed by atoms with Crippen molar-refractivity contribution >= 4 is 46.3 Å². The lowest BCUT2D eigenvalue weighted by Gasteiger charge is -2.22. The van der Waals surface area contributed by atoms with Crippen LogP contribution in [0.5, 0.6) is 11.5 Å². The van der Waals surface area contributed by atoms with E-state index >= 15 is 0 Å². The molecular weight excluding hydrogens is 470 g/mol. The van der Waals surface area contributed by atoms with Crippen molar-refractivity contribution in [2.24, 2.45) is 0 Å². The topological polar surface area (TPSA) is 76.1 Å². The molecule has 1 heterocycles. The molecule has 1 aromatic rings. The van der Waals surface area contributed by atoms with Gasteiger partial charge in [-0.3, -0.25) is 9.69 Å². The van der Waals surface area contributed by atoms with E-state index in [-0.39, 0.29) is 16.3 Å². The number of carbonyl (C=O) groups is 2. The van der Waals surface area contributed by atoms with Crippen LogP contribution in [-0.4, -0.2) is 45.5 Å². The number of hydrogen-bond donors (Lipinski definition) is 1. The molecule has 0 radical (unpaired) electrons. The van der Waals surface area contributed by atoms with Crippen LogP contribution in [0.2, 0.25) is 0 Å². The van der Waals surface area contributed by atoms with Gasteiger partial charge in [-0.1, -0.05) is 82.4 Å². The SMILES string of the molecule is CCCCCCCC(C)Oc1ccc(C=C2SC(=S)N(C(CCCC)C(=O)O)C2=O)cc1OC. The molecule has 1 N–H and O–H groups in total. The van der Waals surface area contributed by atoms with Gasteiger partial charge in [-0.25, -0.2) is 4.79 Å². The largest absolute Gasteiger partial charge is 0.493 e. The minimum atomic E-state index is -1.03. The van der Waals surface area contributed by atoms with Gasteiger partial charge in [0.1, 0.15) is 10.4 Å². The number of aliphatic carboxylic acids is 1. The van der Waals surface area contributed by atoms with Crippen molar-refractivity contribution in [2.75, 3.05) is 7.11 Å². The van der Waals surface area contributed by atoms with Gasteiger partial charge in [0.05, 0.1) is 18.1 Å². The Kier molecular flexibility index (Phi) is 11.9. The Labute approximate surface area is 213 Å². The number of methoxy groups -OCH3 is 1. The predicted octanol–water partition coefficient (Wildman–Crippen LogP) is 6.67. The number of carbonyl (C=O) groups excluding carboxylic acids is 1. The highest BCUT2D eigenvalue weighted by molar-refractivity contribution is 8.26. The molecule has 188 valence electrons. The summed E-state index contributed by atoms with van der Waals surface area (Å²) in [5.74, 6) is -0.143. The Bertz CT molecular complexity index is 886. The van der Waals surface area contributed by atoms with Crippen molar-refractivity contribution in [1.29, 1.82) is 0 Å². The van der Waals surface area contributed by atoms with Crippen molar-refractivity contribution < 1.29 is 24.2 Å². The smallest absolute Gasteiger partial charge is 0.326 e. The zero-order valence-corrected chi connectivity index (χ0v) is 22.3. The zero-order chi connectivity index (χ0) is 25.1. The number of nitrogens with zero attached hydrogens (tertiary/aromatic N) is 1. The molecule has 1 aliphatic heterocycles.